The van der Waals surface area contributed by atoms with E-state index in [0.29, 0.717) is 25.7 Å². The van der Waals surface area contributed by atoms with E-state index in [1.165, 1.54) is 0 Å². The third-order valence-electron chi connectivity index (χ3n) is 4.76. The van der Waals surface area contributed by atoms with Crippen molar-refractivity contribution < 1.29 is 27.2 Å². The Morgan fingerprint density at radius 3 is 0.938 bits per heavy atom. The van der Waals surface area contributed by atoms with Gasteiger partial charge in [-0.15, -0.1) is 46.4 Å². The molecule has 0 aromatic rings. The second-order valence-corrected chi connectivity index (χ2v) is 15.1. The zero-order chi connectivity index (χ0) is 24.9. The van der Waals surface area contributed by atoms with Crippen molar-refractivity contribution in [3.8, 4) is 0 Å². The SMILES string of the molecule is CC[C@@H](Cl)COP(=O)(OC[C@H](Cl)CC)C(C(C)C)P(=O)(OC[C@H](Cl)CC)OC[C@@H](Cl)CC. The van der Waals surface area contributed by atoms with Crippen molar-refractivity contribution in [3.63, 3.8) is 0 Å². The van der Waals surface area contributed by atoms with Crippen molar-refractivity contribution in [2.45, 2.75) is 94.1 Å². The number of rotatable bonds is 19. The molecule has 0 saturated carbocycles. The minimum absolute atomic E-state index is 0.0438. The van der Waals surface area contributed by atoms with Crippen LogP contribution in [0.15, 0.2) is 0 Å². The van der Waals surface area contributed by atoms with Crippen LogP contribution in [0.5, 0.6) is 0 Å². The number of hydrogen-bond donors (Lipinski definition) is 0. The van der Waals surface area contributed by atoms with Crippen LogP contribution >= 0.6 is 61.6 Å². The average Bonchev–Trinajstić information content (AvgIpc) is 2.77. The lowest BCUT2D eigenvalue weighted by Crippen LogP contribution is -2.27. The van der Waals surface area contributed by atoms with Crippen LogP contribution in [-0.2, 0) is 27.2 Å². The van der Waals surface area contributed by atoms with Gasteiger partial charge in [-0.05, 0) is 31.6 Å². The van der Waals surface area contributed by atoms with E-state index in [9.17, 15) is 9.13 Å². The highest BCUT2D eigenvalue weighted by molar-refractivity contribution is 7.72. The van der Waals surface area contributed by atoms with Gasteiger partial charge in [0.25, 0.3) is 0 Å². The quantitative estimate of drug-likeness (QED) is 0.113. The summed E-state index contributed by atoms with van der Waals surface area (Å²) >= 11 is 24.8. The van der Waals surface area contributed by atoms with E-state index >= 15 is 0 Å². The first-order valence-electron chi connectivity index (χ1n) is 11.2. The van der Waals surface area contributed by atoms with E-state index in [1.54, 1.807) is 13.8 Å². The highest BCUT2D eigenvalue weighted by Gasteiger charge is 2.53. The monoisotopic (exact) mass is 578 g/mol. The molecule has 0 aliphatic carbocycles. The number of halogens is 4. The van der Waals surface area contributed by atoms with Gasteiger partial charge in [0.05, 0.1) is 47.9 Å². The summed E-state index contributed by atoms with van der Waals surface area (Å²) in [4.78, 5) is 0. The molecule has 6 atom stereocenters. The Labute approximate surface area is 214 Å². The second kappa shape index (κ2) is 17.0. The maximum absolute atomic E-state index is 14.1. The molecule has 0 bridgehead atoms. The topological polar surface area (TPSA) is 71.1 Å². The Balaban J connectivity index is 6.17. The zero-order valence-electron chi connectivity index (χ0n) is 20.0. The van der Waals surface area contributed by atoms with Gasteiger partial charge in [-0.2, -0.15) is 0 Å². The molecule has 0 fully saturated rings. The van der Waals surface area contributed by atoms with Crippen LogP contribution in [0.25, 0.3) is 0 Å². The van der Waals surface area contributed by atoms with Crippen LogP contribution in [0.1, 0.15) is 67.2 Å². The molecule has 0 heterocycles. The fourth-order valence-corrected chi connectivity index (χ4v) is 9.05. The van der Waals surface area contributed by atoms with Crippen molar-refractivity contribution in [1.82, 2.24) is 0 Å². The fraction of sp³-hybridized carbons (Fsp3) is 1.00. The molecule has 6 nitrogen and oxygen atoms in total. The highest BCUT2D eigenvalue weighted by Crippen LogP contribution is 2.72. The second-order valence-electron chi connectivity index (χ2n) is 7.94. The van der Waals surface area contributed by atoms with Crippen molar-refractivity contribution >= 4 is 61.6 Å². The standard InChI is InChI=1S/C20H40Cl4O6P2/c1-7-16(21)11-27-31(25,28-12-17(22)8-2)20(15(5)6)32(26,29-13-18(23)9-3)30-14-19(24)10-4/h15-20H,7-14H2,1-6H3/t16-,17-,18-,19+,20?,32?/m1/s1. The smallest absolute Gasteiger partial charge is 0.306 e. The minimum atomic E-state index is -4.05. The zero-order valence-corrected chi connectivity index (χ0v) is 24.8. The van der Waals surface area contributed by atoms with Gasteiger partial charge in [0, 0.05) is 0 Å². The lowest BCUT2D eigenvalue weighted by molar-refractivity contribution is 0.173. The van der Waals surface area contributed by atoms with Crippen LogP contribution in [0.3, 0.4) is 0 Å². The molecule has 32 heavy (non-hydrogen) atoms. The van der Waals surface area contributed by atoms with Crippen LogP contribution in [-0.4, -0.2) is 53.3 Å². The molecule has 12 heteroatoms. The summed E-state index contributed by atoms with van der Waals surface area (Å²) in [6.45, 7) is 10.9. The third kappa shape index (κ3) is 11.9. The van der Waals surface area contributed by atoms with Gasteiger partial charge in [-0.25, -0.2) is 0 Å². The highest BCUT2D eigenvalue weighted by atomic mass is 35.5. The maximum Gasteiger partial charge on any atom is 0.346 e. The normalized spacial score (nSPS) is 19.3. The maximum atomic E-state index is 14.1. The van der Waals surface area contributed by atoms with Crippen molar-refractivity contribution in [3.05, 3.63) is 0 Å². The lowest BCUT2D eigenvalue weighted by Gasteiger charge is -2.35. The lowest BCUT2D eigenvalue weighted by atomic mass is 10.3. The van der Waals surface area contributed by atoms with Crippen molar-refractivity contribution in [2.24, 2.45) is 5.92 Å². The fourth-order valence-electron chi connectivity index (χ4n) is 2.49. The van der Waals surface area contributed by atoms with Gasteiger partial charge >= 0.3 is 15.2 Å². The number of alkyl halides is 4. The van der Waals surface area contributed by atoms with Gasteiger partial charge in [-0.3, -0.25) is 9.13 Å². The summed E-state index contributed by atoms with van der Waals surface area (Å²) < 4.78 is 51.3. The largest absolute Gasteiger partial charge is 0.346 e. The van der Waals surface area contributed by atoms with Gasteiger partial charge in [0.15, 0.2) is 5.40 Å². The van der Waals surface area contributed by atoms with Gasteiger partial charge in [0.1, 0.15) is 0 Å². The summed E-state index contributed by atoms with van der Waals surface area (Å²) in [5.41, 5.74) is 0. The van der Waals surface area contributed by atoms with Crippen LogP contribution in [0.4, 0.5) is 0 Å². The predicted octanol–water partition coefficient (Wildman–Crippen LogP) is 8.49. The number of hydrogen-bond acceptors (Lipinski definition) is 6. The van der Waals surface area contributed by atoms with E-state index in [2.05, 4.69) is 0 Å². The molecule has 194 valence electrons. The first-order valence-corrected chi connectivity index (χ1v) is 16.2. The molecule has 0 rings (SSSR count). The first-order chi connectivity index (χ1) is 14.9. The van der Waals surface area contributed by atoms with E-state index in [-0.39, 0.29) is 26.4 Å². The van der Waals surface area contributed by atoms with E-state index < -0.39 is 48.0 Å². The van der Waals surface area contributed by atoms with Crippen molar-refractivity contribution in [1.29, 1.82) is 0 Å². The molecule has 0 spiro atoms. The molecule has 0 N–H and O–H groups in total. The third-order valence-corrected chi connectivity index (χ3v) is 12.7. The molecular weight excluding hydrogens is 540 g/mol. The molecular formula is C20H40Cl4O6P2. The van der Waals surface area contributed by atoms with Crippen LogP contribution in [0, 0.1) is 5.92 Å². The summed E-state index contributed by atoms with van der Waals surface area (Å²) in [7, 11) is -8.09. The Morgan fingerprint density at radius 2 is 0.781 bits per heavy atom. The Bertz CT molecular complexity index is 516. The molecule has 0 aliphatic rings. The predicted molar refractivity (Wildman–Crippen MR) is 137 cm³/mol. The molecule has 0 saturated heterocycles. The van der Waals surface area contributed by atoms with Gasteiger partial charge < -0.3 is 18.1 Å². The van der Waals surface area contributed by atoms with Gasteiger partial charge in [-0.1, -0.05) is 41.5 Å². The summed E-state index contributed by atoms with van der Waals surface area (Å²) in [6, 6.07) is 0. The molecule has 0 aliphatic heterocycles. The molecule has 2 unspecified atom stereocenters. The Kier molecular flexibility index (Phi) is 17.8. The molecule has 0 aromatic heterocycles. The average molecular weight is 580 g/mol. The molecule has 0 radical (unpaired) electrons. The first kappa shape index (κ1) is 33.5. The summed E-state index contributed by atoms with van der Waals surface area (Å²) in [6.07, 6.45) is 2.39. The Morgan fingerprint density at radius 1 is 0.562 bits per heavy atom. The summed E-state index contributed by atoms with van der Waals surface area (Å²) in [5, 5.41) is -2.76. The van der Waals surface area contributed by atoms with Gasteiger partial charge in [0.2, 0.25) is 0 Å². The van der Waals surface area contributed by atoms with Crippen LogP contribution in [0.2, 0.25) is 0 Å². The summed E-state index contributed by atoms with van der Waals surface area (Å²) in [5.74, 6) is -0.441. The van der Waals surface area contributed by atoms with E-state index in [1.807, 2.05) is 27.7 Å². The van der Waals surface area contributed by atoms with E-state index in [4.69, 9.17) is 64.5 Å². The van der Waals surface area contributed by atoms with Crippen LogP contribution < -0.4 is 0 Å². The van der Waals surface area contributed by atoms with Crippen molar-refractivity contribution in [2.75, 3.05) is 26.4 Å². The minimum Gasteiger partial charge on any atom is -0.306 e. The molecule has 0 amide bonds. The van der Waals surface area contributed by atoms with E-state index in [0.717, 1.165) is 0 Å². The Hall–Kier alpha value is 1.46. The molecule has 0 aromatic carbocycles.